The molecule has 2 fully saturated rings. The maximum Gasteiger partial charge on any atom is 0.257 e. The van der Waals surface area contributed by atoms with Crippen molar-refractivity contribution in [1.29, 1.82) is 0 Å². The van der Waals surface area contributed by atoms with Gasteiger partial charge in [-0.1, -0.05) is 0 Å². The number of benzene rings is 1. The Labute approximate surface area is 182 Å². The molecule has 2 aliphatic rings. The molecule has 1 amide bonds. The molecule has 1 aromatic heterocycles. The Kier molecular flexibility index (Phi) is 6.07. The van der Waals surface area contributed by atoms with Gasteiger partial charge in [0.25, 0.3) is 5.91 Å². The second kappa shape index (κ2) is 8.63. The van der Waals surface area contributed by atoms with Crippen LogP contribution in [0.3, 0.4) is 0 Å². The fraction of sp³-hybridized carbons (Fsp3) is 0.500. The summed E-state index contributed by atoms with van der Waals surface area (Å²) in [5, 5.41) is 0. The minimum absolute atomic E-state index is 0.0680. The lowest BCUT2D eigenvalue weighted by Crippen LogP contribution is -2.36. The highest BCUT2D eigenvalue weighted by Gasteiger charge is 2.38. The fourth-order valence-electron chi connectivity index (χ4n) is 4.44. The molecule has 0 spiro atoms. The monoisotopic (exact) mass is 446 g/mol. The van der Waals surface area contributed by atoms with Crippen LogP contribution in [0, 0.1) is 19.7 Å². The third-order valence-electron chi connectivity index (χ3n) is 6.10. The Morgan fingerprint density at radius 3 is 2.52 bits per heavy atom. The molecule has 31 heavy (non-hydrogen) atoms. The van der Waals surface area contributed by atoms with Crippen molar-refractivity contribution < 1.29 is 17.6 Å². The molecule has 2 aliphatic heterocycles. The molecule has 0 radical (unpaired) electrons. The number of sulfonamides is 1. The smallest absolute Gasteiger partial charge is 0.257 e. The Balaban J connectivity index is 1.61. The normalized spacial score (nSPS) is 20.2. The van der Waals surface area contributed by atoms with Gasteiger partial charge in [-0.25, -0.2) is 22.8 Å². The summed E-state index contributed by atoms with van der Waals surface area (Å²) in [6.45, 7) is 5.18. The topological polar surface area (TPSA) is 83.5 Å². The van der Waals surface area contributed by atoms with Crippen LogP contribution >= 0.6 is 0 Å². The lowest BCUT2D eigenvalue weighted by molar-refractivity contribution is 0.0722. The van der Waals surface area contributed by atoms with Gasteiger partial charge >= 0.3 is 0 Å². The number of likely N-dealkylation sites (tertiary alicyclic amines) is 1. The van der Waals surface area contributed by atoms with Crippen LogP contribution < -0.4 is 0 Å². The van der Waals surface area contributed by atoms with E-state index >= 15 is 0 Å². The van der Waals surface area contributed by atoms with Gasteiger partial charge in [0.1, 0.15) is 11.6 Å². The molecule has 166 valence electrons. The molecule has 9 heteroatoms. The van der Waals surface area contributed by atoms with Gasteiger partial charge in [-0.05, 0) is 69.7 Å². The van der Waals surface area contributed by atoms with Crippen molar-refractivity contribution in [3.63, 3.8) is 0 Å². The third kappa shape index (κ3) is 4.21. The van der Waals surface area contributed by atoms with Gasteiger partial charge in [-0.15, -0.1) is 0 Å². The first-order chi connectivity index (χ1) is 14.8. The average molecular weight is 447 g/mol. The Morgan fingerprint density at radius 2 is 1.84 bits per heavy atom. The van der Waals surface area contributed by atoms with E-state index in [1.807, 2.05) is 4.90 Å². The van der Waals surface area contributed by atoms with Crippen molar-refractivity contribution in [2.24, 2.45) is 0 Å². The third-order valence-corrected chi connectivity index (χ3v) is 8.17. The molecule has 0 aliphatic carbocycles. The fourth-order valence-corrected chi connectivity index (χ4v) is 6.30. The van der Waals surface area contributed by atoms with Crippen LogP contribution in [-0.4, -0.2) is 53.1 Å². The van der Waals surface area contributed by atoms with Gasteiger partial charge in [-0.2, -0.15) is 4.31 Å². The van der Waals surface area contributed by atoms with Gasteiger partial charge in [-0.3, -0.25) is 4.79 Å². The zero-order valence-corrected chi connectivity index (χ0v) is 18.7. The van der Waals surface area contributed by atoms with Crippen LogP contribution in [0.25, 0.3) is 0 Å². The Bertz CT molecular complexity index is 1100. The minimum Gasteiger partial charge on any atom is -0.339 e. The molecule has 2 saturated heterocycles. The van der Waals surface area contributed by atoms with Crippen LogP contribution in [0.1, 0.15) is 65.6 Å². The second-order valence-corrected chi connectivity index (χ2v) is 10.1. The summed E-state index contributed by atoms with van der Waals surface area (Å²) in [5.41, 5.74) is 1.39. The number of halogens is 1. The molecular formula is C22H27FN4O3S. The molecule has 3 heterocycles. The van der Waals surface area contributed by atoms with E-state index in [-0.39, 0.29) is 10.8 Å². The first-order valence-corrected chi connectivity index (χ1v) is 12.1. The molecule has 2 aromatic rings. The molecule has 1 atom stereocenters. The van der Waals surface area contributed by atoms with Crippen LogP contribution in [0.15, 0.2) is 29.3 Å². The van der Waals surface area contributed by atoms with E-state index in [1.165, 1.54) is 22.6 Å². The molecule has 0 bridgehead atoms. The zero-order valence-electron chi connectivity index (χ0n) is 17.8. The van der Waals surface area contributed by atoms with Crippen molar-refractivity contribution >= 4 is 15.9 Å². The van der Waals surface area contributed by atoms with Gasteiger partial charge < -0.3 is 4.90 Å². The number of aromatic nitrogens is 2. The van der Waals surface area contributed by atoms with Crippen molar-refractivity contribution in [2.45, 2.75) is 56.9 Å². The number of aryl methyl sites for hydroxylation is 2. The molecule has 7 nitrogen and oxygen atoms in total. The lowest BCUT2D eigenvalue weighted by atomic mass is 10.1. The van der Waals surface area contributed by atoms with E-state index in [4.69, 9.17) is 0 Å². The second-order valence-electron chi connectivity index (χ2n) is 8.26. The minimum atomic E-state index is -3.83. The van der Waals surface area contributed by atoms with Crippen molar-refractivity contribution in [3.05, 3.63) is 52.9 Å². The summed E-state index contributed by atoms with van der Waals surface area (Å²) in [6, 6.07) is 3.18. The van der Waals surface area contributed by atoms with Crippen molar-refractivity contribution in [2.75, 3.05) is 19.6 Å². The summed E-state index contributed by atoms with van der Waals surface area (Å²) < 4.78 is 41.5. The zero-order chi connectivity index (χ0) is 22.2. The lowest BCUT2D eigenvalue weighted by Gasteiger charge is -2.27. The SMILES string of the molecule is Cc1cc(F)ccc1S(=O)(=O)N1CCC[C@H]1c1ncc(C(=O)N2CCCCC2)c(C)n1. The van der Waals surface area contributed by atoms with Crippen LogP contribution in [0.2, 0.25) is 0 Å². The van der Waals surface area contributed by atoms with Gasteiger partial charge in [0.05, 0.1) is 22.2 Å². The quantitative estimate of drug-likeness (QED) is 0.719. The highest BCUT2D eigenvalue weighted by Crippen LogP contribution is 2.36. The number of rotatable bonds is 4. The highest BCUT2D eigenvalue weighted by atomic mass is 32.2. The number of nitrogens with zero attached hydrogens (tertiary/aromatic N) is 4. The van der Waals surface area contributed by atoms with Crippen molar-refractivity contribution in [1.82, 2.24) is 19.2 Å². The number of carbonyl (C=O) groups excluding carboxylic acids is 1. The number of piperidine rings is 1. The summed E-state index contributed by atoms with van der Waals surface area (Å²) in [4.78, 5) is 23.7. The number of amides is 1. The van der Waals surface area contributed by atoms with Gasteiger partial charge in [0.15, 0.2) is 0 Å². The van der Waals surface area contributed by atoms with E-state index in [9.17, 15) is 17.6 Å². The standard InChI is InChI=1S/C22H27FN4O3S/c1-15-13-17(23)8-9-20(15)31(29,30)27-12-6-7-19(27)21-24-14-18(16(2)25-21)22(28)26-10-4-3-5-11-26/h8-9,13-14,19H,3-7,10-12H2,1-2H3/t19-/m0/s1. The van der Waals surface area contributed by atoms with Crippen LogP contribution in [0.5, 0.6) is 0 Å². The van der Waals surface area contributed by atoms with E-state index < -0.39 is 21.9 Å². The van der Waals surface area contributed by atoms with Crippen molar-refractivity contribution in [3.8, 4) is 0 Å². The summed E-state index contributed by atoms with van der Waals surface area (Å²) in [6.07, 6.45) is 5.95. The number of hydrogen-bond donors (Lipinski definition) is 0. The Hall–Kier alpha value is -2.39. The van der Waals surface area contributed by atoms with Gasteiger partial charge in [0.2, 0.25) is 10.0 Å². The maximum atomic E-state index is 13.5. The molecule has 0 unspecified atom stereocenters. The summed E-state index contributed by atoms with van der Waals surface area (Å²) in [7, 11) is -3.83. The molecule has 4 rings (SSSR count). The predicted molar refractivity (Wildman–Crippen MR) is 114 cm³/mol. The number of carbonyl (C=O) groups is 1. The van der Waals surface area contributed by atoms with E-state index in [1.54, 1.807) is 13.8 Å². The van der Waals surface area contributed by atoms with Gasteiger partial charge in [0, 0.05) is 25.8 Å². The average Bonchev–Trinajstić information content (AvgIpc) is 3.24. The van der Waals surface area contributed by atoms with E-state index in [0.29, 0.717) is 42.0 Å². The molecule has 1 aromatic carbocycles. The highest BCUT2D eigenvalue weighted by molar-refractivity contribution is 7.89. The maximum absolute atomic E-state index is 13.5. The first kappa shape index (κ1) is 21.8. The van der Waals surface area contributed by atoms with E-state index in [0.717, 1.165) is 38.4 Å². The molecular weight excluding hydrogens is 419 g/mol. The van der Waals surface area contributed by atoms with E-state index in [2.05, 4.69) is 9.97 Å². The summed E-state index contributed by atoms with van der Waals surface area (Å²) >= 11 is 0. The predicted octanol–water partition coefficient (Wildman–Crippen LogP) is 3.38. The summed E-state index contributed by atoms with van der Waals surface area (Å²) in [5.74, 6) is -0.141. The first-order valence-electron chi connectivity index (χ1n) is 10.7. The largest absolute Gasteiger partial charge is 0.339 e. The molecule has 0 saturated carbocycles. The number of hydrogen-bond acceptors (Lipinski definition) is 5. The van der Waals surface area contributed by atoms with Crippen LogP contribution in [0.4, 0.5) is 4.39 Å². The Morgan fingerprint density at radius 1 is 1.10 bits per heavy atom. The van der Waals surface area contributed by atoms with Crippen LogP contribution in [-0.2, 0) is 10.0 Å². The molecule has 0 N–H and O–H groups in total.